The van der Waals surface area contributed by atoms with Crippen LogP contribution in [0.3, 0.4) is 0 Å². The monoisotopic (exact) mass is 360 g/mol. The van der Waals surface area contributed by atoms with Crippen molar-refractivity contribution in [3.05, 3.63) is 27.1 Å². The minimum atomic E-state index is -0.0605. The molecule has 0 unspecified atom stereocenters. The van der Waals surface area contributed by atoms with Crippen LogP contribution < -0.4 is 10.6 Å². The largest absolute Gasteiger partial charge is 0.324 e. The van der Waals surface area contributed by atoms with Crippen molar-refractivity contribution in [3.8, 4) is 0 Å². The second kappa shape index (κ2) is 5.98. The topological polar surface area (TPSA) is 41.1 Å². The summed E-state index contributed by atoms with van der Waals surface area (Å²) in [7, 11) is 0. The number of piperidine rings is 1. The van der Waals surface area contributed by atoms with Crippen molar-refractivity contribution in [3.63, 3.8) is 0 Å². The number of amides is 1. The lowest BCUT2D eigenvalue weighted by molar-refractivity contribution is -0.118. The van der Waals surface area contributed by atoms with Gasteiger partial charge in [-0.25, -0.2) is 0 Å². The van der Waals surface area contributed by atoms with Crippen LogP contribution in [0, 0.1) is 0 Å². The Hall–Kier alpha value is -0.390. The third-order valence-electron chi connectivity index (χ3n) is 2.81. The van der Waals surface area contributed by atoms with E-state index in [1.165, 1.54) is 0 Å². The smallest absolute Gasteiger partial charge is 0.241 e. The minimum Gasteiger partial charge on any atom is -0.324 e. The summed E-state index contributed by atoms with van der Waals surface area (Å²) in [4.78, 5) is 12.0. The first-order chi connectivity index (χ1) is 8.16. The van der Waals surface area contributed by atoms with Crippen LogP contribution >= 0.6 is 31.9 Å². The highest BCUT2D eigenvalue weighted by Crippen LogP contribution is 2.26. The van der Waals surface area contributed by atoms with Gasteiger partial charge < -0.3 is 10.6 Å². The molecule has 1 atom stereocenters. The number of benzene rings is 1. The van der Waals surface area contributed by atoms with E-state index in [2.05, 4.69) is 42.5 Å². The number of rotatable bonds is 2. The van der Waals surface area contributed by atoms with Crippen molar-refractivity contribution >= 4 is 43.5 Å². The standard InChI is InChI=1S/C12H14Br2N2O/c13-8-4-5-9(14)11(7-8)16-12(17)10-3-1-2-6-15-10/h4-5,7,10,15H,1-3,6H2,(H,16,17)/t10-/m1/s1. The minimum absolute atomic E-state index is 0.0449. The summed E-state index contributed by atoms with van der Waals surface area (Å²) < 4.78 is 1.84. The van der Waals surface area contributed by atoms with Gasteiger partial charge in [0.2, 0.25) is 5.91 Å². The predicted octanol–water partition coefficient (Wildman–Crippen LogP) is 3.29. The van der Waals surface area contributed by atoms with E-state index in [9.17, 15) is 4.79 Å². The highest BCUT2D eigenvalue weighted by Gasteiger charge is 2.20. The van der Waals surface area contributed by atoms with Gasteiger partial charge in [0.1, 0.15) is 0 Å². The quantitative estimate of drug-likeness (QED) is 0.848. The molecular formula is C12H14Br2N2O. The molecule has 0 saturated carbocycles. The lowest BCUT2D eigenvalue weighted by Gasteiger charge is -2.22. The Morgan fingerprint density at radius 1 is 1.35 bits per heavy atom. The van der Waals surface area contributed by atoms with E-state index < -0.39 is 0 Å². The number of carbonyl (C=O) groups is 1. The maximum Gasteiger partial charge on any atom is 0.241 e. The summed E-state index contributed by atoms with van der Waals surface area (Å²) in [6.07, 6.45) is 3.19. The van der Waals surface area contributed by atoms with Crippen molar-refractivity contribution in [2.45, 2.75) is 25.3 Å². The zero-order valence-electron chi connectivity index (χ0n) is 9.30. The predicted molar refractivity (Wildman–Crippen MR) is 76.1 cm³/mol. The van der Waals surface area contributed by atoms with Gasteiger partial charge in [-0.05, 0) is 53.5 Å². The zero-order valence-corrected chi connectivity index (χ0v) is 12.5. The fourth-order valence-corrected chi connectivity index (χ4v) is 2.60. The molecule has 3 nitrogen and oxygen atoms in total. The summed E-state index contributed by atoms with van der Waals surface area (Å²) in [5.74, 6) is 0.0449. The van der Waals surface area contributed by atoms with Crippen molar-refractivity contribution in [1.82, 2.24) is 5.32 Å². The highest BCUT2D eigenvalue weighted by atomic mass is 79.9. The Balaban J connectivity index is 2.04. The molecule has 1 saturated heterocycles. The van der Waals surface area contributed by atoms with E-state index in [1.54, 1.807) is 0 Å². The Morgan fingerprint density at radius 2 is 2.18 bits per heavy atom. The molecule has 1 aromatic rings. The van der Waals surface area contributed by atoms with E-state index in [1.807, 2.05) is 18.2 Å². The zero-order chi connectivity index (χ0) is 12.3. The number of carbonyl (C=O) groups excluding carboxylic acids is 1. The molecule has 2 N–H and O–H groups in total. The SMILES string of the molecule is O=C(Nc1cc(Br)ccc1Br)[C@H]1CCCCN1. The lowest BCUT2D eigenvalue weighted by atomic mass is 10.0. The van der Waals surface area contributed by atoms with E-state index in [0.29, 0.717) is 0 Å². The third kappa shape index (κ3) is 3.53. The summed E-state index contributed by atoms with van der Waals surface area (Å²) in [6, 6.07) is 5.67. The Morgan fingerprint density at radius 3 is 2.88 bits per heavy atom. The van der Waals surface area contributed by atoms with Gasteiger partial charge >= 0.3 is 0 Å². The summed E-state index contributed by atoms with van der Waals surface area (Å²) in [5, 5.41) is 6.18. The van der Waals surface area contributed by atoms with Crippen LogP contribution in [0.2, 0.25) is 0 Å². The Bertz CT molecular complexity index is 417. The molecule has 5 heteroatoms. The van der Waals surface area contributed by atoms with Crippen molar-refractivity contribution in [1.29, 1.82) is 0 Å². The second-order valence-electron chi connectivity index (χ2n) is 4.12. The van der Waals surface area contributed by atoms with Crippen LogP contribution in [0.5, 0.6) is 0 Å². The Labute approximate surface area is 118 Å². The molecule has 1 fully saturated rings. The number of hydrogen-bond donors (Lipinski definition) is 2. The number of nitrogens with one attached hydrogen (secondary N) is 2. The van der Waals surface area contributed by atoms with Gasteiger partial charge in [0, 0.05) is 8.95 Å². The molecule has 1 aromatic carbocycles. The molecule has 0 aliphatic carbocycles. The average Bonchev–Trinajstić information content (AvgIpc) is 2.35. The van der Waals surface area contributed by atoms with Gasteiger partial charge in [-0.1, -0.05) is 22.4 Å². The first-order valence-electron chi connectivity index (χ1n) is 5.66. The molecule has 0 spiro atoms. The van der Waals surface area contributed by atoms with Crippen LogP contribution in [-0.2, 0) is 4.79 Å². The number of halogens is 2. The van der Waals surface area contributed by atoms with E-state index >= 15 is 0 Å². The van der Waals surface area contributed by atoms with Crippen LogP contribution in [-0.4, -0.2) is 18.5 Å². The third-order valence-corrected chi connectivity index (χ3v) is 4.00. The van der Waals surface area contributed by atoms with Gasteiger partial charge in [-0.3, -0.25) is 4.79 Å². The van der Waals surface area contributed by atoms with E-state index in [0.717, 1.165) is 40.4 Å². The molecule has 1 amide bonds. The molecule has 1 heterocycles. The van der Waals surface area contributed by atoms with Gasteiger partial charge in [-0.15, -0.1) is 0 Å². The van der Waals surface area contributed by atoms with Gasteiger partial charge in [0.05, 0.1) is 11.7 Å². The summed E-state index contributed by atoms with van der Waals surface area (Å²) >= 11 is 6.82. The Kier molecular flexibility index (Phi) is 4.59. The molecular weight excluding hydrogens is 348 g/mol. The van der Waals surface area contributed by atoms with Gasteiger partial charge in [-0.2, -0.15) is 0 Å². The normalized spacial score (nSPS) is 20.0. The van der Waals surface area contributed by atoms with Crippen LogP contribution in [0.4, 0.5) is 5.69 Å². The van der Waals surface area contributed by atoms with Crippen LogP contribution in [0.15, 0.2) is 27.1 Å². The number of hydrogen-bond acceptors (Lipinski definition) is 2. The molecule has 1 aliphatic rings. The van der Waals surface area contributed by atoms with Crippen LogP contribution in [0.25, 0.3) is 0 Å². The van der Waals surface area contributed by atoms with Gasteiger partial charge in [0.15, 0.2) is 0 Å². The maximum absolute atomic E-state index is 12.0. The first-order valence-corrected chi connectivity index (χ1v) is 7.25. The molecule has 0 radical (unpaired) electrons. The summed E-state index contributed by atoms with van der Waals surface area (Å²) in [6.45, 7) is 0.928. The van der Waals surface area contributed by atoms with Crippen molar-refractivity contribution in [2.24, 2.45) is 0 Å². The van der Waals surface area contributed by atoms with Crippen molar-refractivity contribution < 1.29 is 4.79 Å². The molecule has 0 aromatic heterocycles. The summed E-state index contributed by atoms with van der Waals surface area (Å²) in [5.41, 5.74) is 0.803. The van der Waals surface area contributed by atoms with Gasteiger partial charge in [0.25, 0.3) is 0 Å². The van der Waals surface area contributed by atoms with E-state index in [-0.39, 0.29) is 11.9 Å². The fourth-order valence-electron chi connectivity index (χ4n) is 1.89. The fraction of sp³-hybridized carbons (Fsp3) is 0.417. The molecule has 17 heavy (non-hydrogen) atoms. The highest BCUT2D eigenvalue weighted by molar-refractivity contribution is 9.11. The number of anilines is 1. The van der Waals surface area contributed by atoms with E-state index in [4.69, 9.17) is 0 Å². The van der Waals surface area contributed by atoms with Crippen molar-refractivity contribution in [2.75, 3.05) is 11.9 Å². The molecule has 1 aliphatic heterocycles. The molecule has 2 rings (SSSR count). The first kappa shape index (κ1) is 13.1. The lowest BCUT2D eigenvalue weighted by Crippen LogP contribution is -2.43. The van der Waals surface area contributed by atoms with Crippen LogP contribution in [0.1, 0.15) is 19.3 Å². The molecule has 92 valence electrons. The second-order valence-corrected chi connectivity index (χ2v) is 5.89. The maximum atomic E-state index is 12.0. The average molecular weight is 362 g/mol. The molecule has 0 bridgehead atoms.